The highest BCUT2D eigenvalue weighted by Gasteiger charge is 2.05. The summed E-state index contributed by atoms with van der Waals surface area (Å²) >= 11 is 0. The third-order valence-corrected chi connectivity index (χ3v) is 3.60. The minimum atomic E-state index is 0.930. The van der Waals surface area contributed by atoms with Crippen molar-refractivity contribution in [3.63, 3.8) is 0 Å². The predicted molar refractivity (Wildman–Crippen MR) is 81.4 cm³/mol. The molecule has 19 heavy (non-hydrogen) atoms. The van der Waals surface area contributed by atoms with Gasteiger partial charge in [-0.25, -0.2) is 0 Å². The van der Waals surface area contributed by atoms with Crippen LogP contribution in [0.3, 0.4) is 0 Å². The predicted octanol–water partition coefficient (Wildman–Crippen LogP) is 2.29. The van der Waals surface area contributed by atoms with E-state index in [1.165, 1.54) is 24.4 Å². The zero-order valence-corrected chi connectivity index (χ0v) is 13.1. The highest BCUT2D eigenvalue weighted by atomic mass is 15.3. The highest BCUT2D eigenvalue weighted by Crippen LogP contribution is 2.05. The van der Waals surface area contributed by atoms with Crippen molar-refractivity contribution in [2.75, 3.05) is 26.2 Å². The molecule has 110 valence electrons. The van der Waals surface area contributed by atoms with E-state index in [2.05, 4.69) is 53.8 Å². The molecule has 1 heterocycles. The molecular weight excluding hydrogens is 236 g/mol. The molecule has 1 aromatic heterocycles. The second-order valence-corrected chi connectivity index (χ2v) is 4.85. The molecule has 1 aromatic rings. The van der Waals surface area contributed by atoms with E-state index in [-0.39, 0.29) is 0 Å². The topological polar surface area (TPSA) is 33.1 Å². The van der Waals surface area contributed by atoms with Gasteiger partial charge in [0.1, 0.15) is 0 Å². The molecule has 0 saturated carbocycles. The molecule has 0 amide bonds. The van der Waals surface area contributed by atoms with Crippen LogP contribution in [0.1, 0.15) is 45.5 Å². The molecule has 4 nitrogen and oxygen atoms in total. The molecule has 0 spiro atoms. The summed E-state index contributed by atoms with van der Waals surface area (Å²) in [6, 6.07) is 2.22. The average molecular weight is 266 g/mol. The Hall–Kier alpha value is -0.870. The molecule has 1 rings (SSSR count). The number of hydrogen-bond donors (Lipinski definition) is 1. The molecule has 1 N–H and O–H groups in total. The summed E-state index contributed by atoms with van der Waals surface area (Å²) in [5, 5.41) is 8.10. The van der Waals surface area contributed by atoms with Gasteiger partial charge < -0.3 is 10.2 Å². The van der Waals surface area contributed by atoms with Crippen LogP contribution in [0.4, 0.5) is 0 Å². The van der Waals surface area contributed by atoms with E-state index in [1.54, 1.807) is 0 Å². The fourth-order valence-corrected chi connectivity index (χ4v) is 2.29. The molecule has 0 fully saturated rings. The first kappa shape index (κ1) is 16.2. The monoisotopic (exact) mass is 266 g/mol. The van der Waals surface area contributed by atoms with E-state index in [0.29, 0.717) is 0 Å². The smallest absolute Gasteiger partial charge is 0.0625 e. The molecule has 0 aliphatic heterocycles. The van der Waals surface area contributed by atoms with Crippen molar-refractivity contribution in [1.29, 1.82) is 0 Å². The summed E-state index contributed by atoms with van der Waals surface area (Å²) in [7, 11) is 0. The lowest BCUT2D eigenvalue weighted by molar-refractivity contribution is 0.297. The van der Waals surface area contributed by atoms with Crippen molar-refractivity contribution in [2.24, 2.45) is 0 Å². The minimum Gasteiger partial charge on any atom is -0.311 e. The van der Waals surface area contributed by atoms with Gasteiger partial charge >= 0.3 is 0 Å². The zero-order chi connectivity index (χ0) is 14.1. The lowest BCUT2D eigenvalue weighted by Crippen LogP contribution is -2.27. The van der Waals surface area contributed by atoms with Gasteiger partial charge in [0, 0.05) is 13.1 Å². The Morgan fingerprint density at radius 2 is 1.95 bits per heavy atom. The standard InChI is InChI=1S/C15H30N4/c1-5-14-12-15(19(8-4)17-14)13-16-10-9-11-18(6-2)7-3/h12,16H,5-11,13H2,1-4H3. The van der Waals surface area contributed by atoms with Crippen LogP contribution >= 0.6 is 0 Å². The largest absolute Gasteiger partial charge is 0.311 e. The highest BCUT2D eigenvalue weighted by molar-refractivity contribution is 5.10. The van der Waals surface area contributed by atoms with Crippen LogP contribution in [0.15, 0.2) is 6.07 Å². The van der Waals surface area contributed by atoms with Gasteiger partial charge in [-0.05, 0) is 52.0 Å². The number of nitrogens with zero attached hydrogens (tertiary/aromatic N) is 3. The first-order valence-corrected chi connectivity index (χ1v) is 7.73. The van der Waals surface area contributed by atoms with Crippen molar-refractivity contribution in [3.8, 4) is 0 Å². The Morgan fingerprint density at radius 3 is 2.53 bits per heavy atom. The molecule has 0 unspecified atom stereocenters. The van der Waals surface area contributed by atoms with Gasteiger partial charge in [-0.3, -0.25) is 4.68 Å². The molecule has 4 heteroatoms. The molecule has 0 aliphatic carbocycles. The second-order valence-electron chi connectivity index (χ2n) is 4.85. The van der Waals surface area contributed by atoms with Gasteiger partial charge in [0.2, 0.25) is 0 Å². The van der Waals surface area contributed by atoms with Gasteiger partial charge in [-0.15, -0.1) is 0 Å². The quantitative estimate of drug-likeness (QED) is 0.660. The molecule has 0 aromatic carbocycles. The number of aromatic nitrogens is 2. The summed E-state index contributed by atoms with van der Waals surface area (Å²) in [6.45, 7) is 15.2. The van der Waals surface area contributed by atoms with Crippen molar-refractivity contribution < 1.29 is 0 Å². The zero-order valence-electron chi connectivity index (χ0n) is 13.1. The molecule has 0 saturated heterocycles. The number of aryl methyl sites for hydroxylation is 2. The Bertz CT molecular complexity index is 342. The van der Waals surface area contributed by atoms with Gasteiger partial charge in [-0.1, -0.05) is 20.8 Å². The van der Waals surface area contributed by atoms with Gasteiger partial charge in [-0.2, -0.15) is 5.10 Å². The number of nitrogens with one attached hydrogen (secondary N) is 1. The maximum Gasteiger partial charge on any atom is 0.0625 e. The SMILES string of the molecule is CCc1cc(CNCCCN(CC)CC)n(CC)n1. The summed E-state index contributed by atoms with van der Waals surface area (Å²) in [5.74, 6) is 0. The van der Waals surface area contributed by atoms with Crippen molar-refractivity contribution in [1.82, 2.24) is 20.0 Å². The summed E-state index contributed by atoms with van der Waals surface area (Å²) in [4.78, 5) is 2.47. The maximum atomic E-state index is 4.57. The molecule has 0 radical (unpaired) electrons. The van der Waals surface area contributed by atoms with Crippen molar-refractivity contribution in [3.05, 3.63) is 17.5 Å². The molecule has 0 aliphatic rings. The fourth-order valence-electron chi connectivity index (χ4n) is 2.29. The van der Waals surface area contributed by atoms with Crippen molar-refractivity contribution >= 4 is 0 Å². The van der Waals surface area contributed by atoms with E-state index in [4.69, 9.17) is 0 Å². The third kappa shape index (κ3) is 5.33. The average Bonchev–Trinajstić information content (AvgIpc) is 2.85. The molecule has 0 bridgehead atoms. The number of hydrogen-bond acceptors (Lipinski definition) is 3. The summed E-state index contributed by atoms with van der Waals surface area (Å²) in [5.41, 5.74) is 2.50. The van der Waals surface area contributed by atoms with Crippen LogP contribution in [0.5, 0.6) is 0 Å². The van der Waals surface area contributed by atoms with Crippen LogP contribution in [-0.4, -0.2) is 40.9 Å². The van der Waals surface area contributed by atoms with Crippen LogP contribution in [0.25, 0.3) is 0 Å². The normalized spacial score (nSPS) is 11.4. The summed E-state index contributed by atoms with van der Waals surface area (Å²) < 4.78 is 2.11. The van der Waals surface area contributed by atoms with E-state index in [9.17, 15) is 0 Å². The first-order valence-electron chi connectivity index (χ1n) is 7.73. The van der Waals surface area contributed by atoms with E-state index in [1.807, 2.05) is 0 Å². The fraction of sp³-hybridized carbons (Fsp3) is 0.800. The van der Waals surface area contributed by atoms with Crippen LogP contribution in [0, 0.1) is 0 Å². The van der Waals surface area contributed by atoms with E-state index < -0.39 is 0 Å². The third-order valence-electron chi connectivity index (χ3n) is 3.60. The van der Waals surface area contributed by atoms with E-state index in [0.717, 1.165) is 39.1 Å². The Kier molecular flexibility index (Phi) is 7.75. The lowest BCUT2D eigenvalue weighted by Gasteiger charge is -2.17. The summed E-state index contributed by atoms with van der Waals surface area (Å²) in [6.07, 6.45) is 2.23. The Morgan fingerprint density at radius 1 is 1.21 bits per heavy atom. The van der Waals surface area contributed by atoms with Gasteiger partial charge in [0.25, 0.3) is 0 Å². The van der Waals surface area contributed by atoms with Gasteiger partial charge in [0.15, 0.2) is 0 Å². The second kappa shape index (κ2) is 9.10. The molecule has 0 atom stereocenters. The maximum absolute atomic E-state index is 4.57. The van der Waals surface area contributed by atoms with Crippen LogP contribution < -0.4 is 5.32 Å². The molecular formula is C15H30N4. The minimum absolute atomic E-state index is 0.930. The number of rotatable bonds is 10. The van der Waals surface area contributed by atoms with Crippen molar-refractivity contribution in [2.45, 2.75) is 53.6 Å². The Labute approximate surface area is 118 Å². The van der Waals surface area contributed by atoms with Crippen LogP contribution in [0.2, 0.25) is 0 Å². The van der Waals surface area contributed by atoms with Crippen LogP contribution in [-0.2, 0) is 19.5 Å². The first-order chi connectivity index (χ1) is 9.24. The van der Waals surface area contributed by atoms with E-state index >= 15 is 0 Å². The van der Waals surface area contributed by atoms with Gasteiger partial charge in [0.05, 0.1) is 11.4 Å². The lowest BCUT2D eigenvalue weighted by atomic mass is 10.3. The Balaban J connectivity index is 2.27.